The molecule has 0 saturated carbocycles. The van der Waals surface area contributed by atoms with Gasteiger partial charge in [-0.2, -0.15) is 4.31 Å². The van der Waals surface area contributed by atoms with E-state index in [4.69, 9.17) is 9.47 Å². The molecule has 0 bridgehead atoms. The third-order valence-corrected chi connectivity index (χ3v) is 6.46. The number of benzene rings is 1. The highest BCUT2D eigenvalue weighted by Crippen LogP contribution is 2.32. The van der Waals surface area contributed by atoms with Crippen molar-refractivity contribution < 1.29 is 22.8 Å². The molecule has 0 amide bonds. The molecule has 27 heavy (non-hydrogen) atoms. The van der Waals surface area contributed by atoms with Gasteiger partial charge in [-0.1, -0.05) is 6.42 Å². The third-order valence-electron chi connectivity index (χ3n) is 4.57. The number of rotatable bonds is 10. The second-order valence-electron chi connectivity index (χ2n) is 6.35. The van der Waals surface area contributed by atoms with E-state index in [1.165, 1.54) is 16.4 Å². The molecular weight excluding hydrogens is 374 g/mol. The monoisotopic (exact) mass is 401 g/mol. The van der Waals surface area contributed by atoms with E-state index in [1.54, 1.807) is 19.1 Å². The zero-order chi connectivity index (χ0) is 19.9. The van der Waals surface area contributed by atoms with Gasteiger partial charge in [-0.05, 0) is 25.0 Å². The molecule has 10 heteroatoms. The van der Waals surface area contributed by atoms with Gasteiger partial charge in [-0.15, -0.1) is 0 Å². The highest BCUT2D eigenvalue weighted by Gasteiger charge is 2.29. The van der Waals surface area contributed by atoms with Crippen LogP contribution in [0.1, 0.15) is 19.3 Å². The predicted molar refractivity (Wildman–Crippen MR) is 102 cm³/mol. The van der Waals surface area contributed by atoms with Crippen molar-refractivity contribution in [1.29, 1.82) is 0 Å². The molecule has 1 fully saturated rings. The Morgan fingerprint density at radius 3 is 2.22 bits per heavy atom. The maximum Gasteiger partial charge on any atom is 0.293 e. The molecule has 1 aliphatic heterocycles. The zero-order valence-electron chi connectivity index (χ0n) is 15.8. The summed E-state index contributed by atoms with van der Waals surface area (Å²) in [5, 5.41) is 11.6. The highest BCUT2D eigenvalue weighted by atomic mass is 32.2. The molecule has 0 aliphatic carbocycles. The molecule has 1 aromatic rings. The molecule has 1 heterocycles. The van der Waals surface area contributed by atoms with Crippen molar-refractivity contribution in [2.24, 2.45) is 0 Å². The number of methoxy groups -OCH3 is 2. The first-order valence-corrected chi connectivity index (χ1v) is 10.4. The second kappa shape index (κ2) is 9.98. The van der Waals surface area contributed by atoms with Gasteiger partial charge in [0.1, 0.15) is 5.69 Å². The molecule has 0 atom stereocenters. The van der Waals surface area contributed by atoms with Crippen LogP contribution in [0.4, 0.5) is 11.4 Å². The Labute approximate surface area is 160 Å². The average Bonchev–Trinajstić information content (AvgIpc) is 2.68. The van der Waals surface area contributed by atoms with Gasteiger partial charge in [0.05, 0.1) is 23.0 Å². The standard InChI is InChI=1S/C17H27N3O6S/c1-25-12-10-18(11-13-26-2)16-7-6-15(14-17(16)20(21)22)27(23,24)19-8-4-3-5-9-19/h6-7,14H,3-5,8-13H2,1-2H3. The van der Waals surface area contributed by atoms with Gasteiger partial charge in [0.25, 0.3) is 5.69 Å². The Morgan fingerprint density at radius 1 is 1.11 bits per heavy atom. The van der Waals surface area contributed by atoms with Gasteiger partial charge in [0.15, 0.2) is 0 Å². The Kier molecular flexibility index (Phi) is 7.96. The van der Waals surface area contributed by atoms with E-state index in [1.807, 2.05) is 0 Å². The fraction of sp³-hybridized carbons (Fsp3) is 0.647. The molecule has 0 N–H and O–H groups in total. The summed E-state index contributed by atoms with van der Waals surface area (Å²) in [7, 11) is -0.628. The van der Waals surface area contributed by atoms with Crippen LogP contribution < -0.4 is 4.90 Å². The first-order valence-electron chi connectivity index (χ1n) is 8.93. The lowest BCUT2D eigenvalue weighted by Gasteiger charge is -2.27. The van der Waals surface area contributed by atoms with Crippen molar-refractivity contribution in [3.8, 4) is 0 Å². The predicted octanol–water partition coefficient (Wildman–Crippen LogP) is 1.87. The normalized spacial score (nSPS) is 15.6. The molecule has 0 unspecified atom stereocenters. The minimum absolute atomic E-state index is 0.0433. The van der Waals surface area contributed by atoms with E-state index in [0.29, 0.717) is 45.1 Å². The fourth-order valence-corrected chi connectivity index (χ4v) is 4.62. The molecule has 1 saturated heterocycles. The van der Waals surface area contributed by atoms with Gasteiger partial charge in [-0.25, -0.2) is 8.42 Å². The lowest BCUT2D eigenvalue weighted by Crippen LogP contribution is -2.35. The topological polar surface area (TPSA) is 102 Å². The number of sulfonamides is 1. The van der Waals surface area contributed by atoms with Crippen LogP contribution in [0.3, 0.4) is 0 Å². The summed E-state index contributed by atoms with van der Waals surface area (Å²) in [6.07, 6.45) is 2.61. The fourth-order valence-electron chi connectivity index (χ4n) is 3.09. The first kappa shape index (κ1) is 21.5. The summed E-state index contributed by atoms with van der Waals surface area (Å²) in [4.78, 5) is 12.8. The smallest absolute Gasteiger partial charge is 0.293 e. The number of anilines is 1. The zero-order valence-corrected chi connectivity index (χ0v) is 16.6. The summed E-state index contributed by atoms with van der Waals surface area (Å²) in [6, 6.07) is 4.10. The molecule has 1 aliphatic rings. The maximum atomic E-state index is 12.8. The second-order valence-corrected chi connectivity index (χ2v) is 8.28. The number of hydrogen-bond acceptors (Lipinski definition) is 7. The van der Waals surface area contributed by atoms with Crippen molar-refractivity contribution in [2.75, 3.05) is 58.5 Å². The van der Waals surface area contributed by atoms with Gasteiger partial charge in [0.2, 0.25) is 10.0 Å². The van der Waals surface area contributed by atoms with E-state index in [0.717, 1.165) is 25.3 Å². The number of ether oxygens (including phenoxy) is 2. The first-order chi connectivity index (χ1) is 12.9. The van der Waals surface area contributed by atoms with Gasteiger partial charge < -0.3 is 14.4 Å². The largest absolute Gasteiger partial charge is 0.383 e. The molecule has 0 aromatic heterocycles. The molecular formula is C17H27N3O6S. The van der Waals surface area contributed by atoms with Crippen molar-refractivity contribution in [3.63, 3.8) is 0 Å². The average molecular weight is 401 g/mol. The van der Waals surface area contributed by atoms with Crippen LogP contribution in [0, 0.1) is 10.1 Å². The molecule has 9 nitrogen and oxygen atoms in total. The van der Waals surface area contributed by atoms with Crippen molar-refractivity contribution in [3.05, 3.63) is 28.3 Å². The van der Waals surface area contributed by atoms with E-state index in [-0.39, 0.29) is 10.6 Å². The molecule has 0 radical (unpaired) electrons. The molecule has 0 spiro atoms. The summed E-state index contributed by atoms with van der Waals surface area (Å²) < 4.78 is 37.2. The number of nitro groups is 1. The van der Waals surface area contributed by atoms with Gasteiger partial charge in [-0.3, -0.25) is 10.1 Å². The summed E-state index contributed by atoms with van der Waals surface area (Å²) in [5.74, 6) is 0. The van der Waals surface area contributed by atoms with Crippen molar-refractivity contribution in [1.82, 2.24) is 4.31 Å². The molecule has 152 valence electrons. The lowest BCUT2D eigenvalue weighted by atomic mass is 10.2. The van der Waals surface area contributed by atoms with Crippen LogP contribution in [0.5, 0.6) is 0 Å². The number of hydrogen-bond donors (Lipinski definition) is 0. The summed E-state index contributed by atoms with van der Waals surface area (Å²) in [6.45, 7) is 2.53. The molecule has 1 aromatic carbocycles. The lowest BCUT2D eigenvalue weighted by molar-refractivity contribution is -0.384. The van der Waals surface area contributed by atoms with E-state index in [9.17, 15) is 18.5 Å². The minimum atomic E-state index is -3.73. The van der Waals surface area contributed by atoms with Crippen molar-refractivity contribution >= 4 is 21.4 Å². The van der Waals surface area contributed by atoms with E-state index >= 15 is 0 Å². The Morgan fingerprint density at radius 2 is 1.70 bits per heavy atom. The minimum Gasteiger partial charge on any atom is -0.383 e. The van der Waals surface area contributed by atoms with E-state index < -0.39 is 14.9 Å². The van der Waals surface area contributed by atoms with Crippen LogP contribution in [0.15, 0.2) is 23.1 Å². The number of nitro benzene ring substituents is 1. The SMILES string of the molecule is COCCN(CCOC)c1ccc(S(=O)(=O)N2CCCCC2)cc1[N+](=O)[O-]. The van der Waals surface area contributed by atoms with Crippen molar-refractivity contribution in [2.45, 2.75) is 24.2 Å². The van der Waals surface area contributed by atoms with Crippen LogP contribution in [-0.2, 0) is 19.5 Å². The van der Waals surface area contributed by atoms with Crippen LogP contribution in [0.25, 0.3) is 0 Å². The maximum absolute atomic E-state index is 12.8. The highest BCUT2D eigenvalue weighted by molar-refractivity contribution is 7.89. The summed E-state index contributed by atoms with van der Waals surface area (Å²) in [5.41, 5.74) is 0.118. The number of nitrogens with zero attached hydrogens (tertiary/aromatic N) is 3. The van der Waals surface area contributed by atoms with Crippen LogP contribution >= 0.6 is 0 Å². The Hall–Kier alpha value is -1.75. The Balaban J connectivity index is 2.38. The molecule has 2 rings (SSSR count). The summed E-state index contributed by atoms with van der Waals surface area (Å²) >= 11 is 0. The quantitative estimate of drug-likeness (QED) is 0.435. The van der Waals surface area contributed by atoms with Gasteiger partial charge >= 0.3 is 0 Å². The third kappa shape index (κ3) is 5.38. The van der Waals surface area contributed by atoms with Crippen LogP contribution in [-0.4, -0.2) is 71.3 Å². The van der Waals surface area contributed by atoms with E-state index in [2.05, 4.69) is 0 Å². The van der Waals surface area contributed by atoms with Crippen LogP contribution in [0.2, 0.25) is 0 Å². The number of piperidine rings is 1. The van der Waals surface area contributed by atoms with Gasteiger partial charge in [0, 0.05) is 46.5 Å². The Bertz CT molecular complexity index is 726.